The maximum absolute atomic E-state index is 5.11. The van der Waals surface area contributed by atoms with Crippen molar-refractivity contribution in [2.75, 3.05) is 7.11 Å². The zero-order chi connectivity index (χ0) is 10.8. The van der Waals surface area contributed by atoms with Gasteiger partial charge in [-0.25, -0.2) is 4.98 Å². The molecule has 4 heteroatoms. The van der Waals surface area contributed by atoms with E-state index in [1.165, 1.54) is 0 Å². The van der Waals surface area contributed by atoms with Crippen LogP contribution in [0.2, 0.25) is 0 Å². The number of ether oxygens (including phenoxy) is 1. The van der Waals surface area contributed by atoms with E-state index in [1.807, 2.05) is 31.2 Å². The third kappa shape index (κ3) is 2.21. The van der Waals surface area contributed by atoms with Crippen molar-refractivity contribution < 1.29 is 4.74 Å². The highest BCUT2D eigenvalue weighted by atomic mass is 79.9. The van der Waals surface area contributed by atoms with Crippen molar-refractivity contribution in [3.8, 4) is 16.3 Å². The van der Waals surface area contributed by atoms with Crippen LogP contribution < -0.4 is 4.74 Å². The second-order valence-electron chi connectivity index (χ2n) is 3.11. The minimum atomic E-state index is 0.867. The first-order valence-corrected chi connectivity index (χ1v) is 6.09. The first-order valence-electron chi connectivity index (χ1n) is 4.48. The molecule has 1 aromatic carbocycles. The number of nitrogens with zero attached hydrogens (tertiary/aromatic N) is 1. The highest BCUT2D eigenvalue weighted by Gasteiger charge is 2.06. The van der Waals surface area contributed by atoms with Gasteiger partial charge in [0.1, 0.15) is 10.8 Å². The Morgan fingerprint density at radius 1 is 1.27 bits per heavy atom. The second-order valence-corrected chi connectivity index (χ2v) is 5.42. The second kappa shape index (κ2) is 4.33. The van der Waals surface area contributed by atoms with Crippen LogP contribution in [0.1, 0.15) is 5.69 Å². The zero-order valence-corrected chi connectivity index (χ0v) is 10.9. The molecule has 1 heterocycles. The van der Waals surface area contributed by atoms with E-state index in [0.29, 0.717) is 0 Å². The highest BCUT2D eigenvalue weighted by Crippen LogP contribution is 2.32. The Labute approximate surface area is 101 Å². The summed E-state index contributed by atoms with van der Waals surface area (Å²) in [5, 5.41) is 1.03. The average molecular weight is 284 g/mol. The smallest absolute Gasteiger partial charge is 0.124 e. The Morgan fingerprint density at radius 3 is 2.40 bits per heavy atom. The van der Waals surface area contributed by atoms with Gasteiger partial charge in [0, 0.05) is 5.56 Å². The van der Waals surface area contributed by atoms with Gasteiger partial charge >= 0.3 is 0 Å². The Kier molecular flexibility index (Phi) is 3.07. The molecule has 0 atom stereocenters. The van der Waals surface area contributed by atoms with E-state index in [1.54, 1.807) is 18.4 Å². The minimum absolute atomic E-state index is 0.867. The number of aryl methyl sites for hydroxylation is 1. The summed E-state index contributed by atoms with van der Waals surface area (Å²) in [5.41, 5.74) is 2.15. The van der Waals surface area contributed by atoms with Crippen molar-refractivity contribution in [1.82, 2.24) is 4.98 Å². The normalized spacial score (nSPS) is 10.3. The SMILES string of the molecule is COc1ccc(-c2nc(C)c(Br)s2)cc1. The van der Waals surface area contributed by atoms with Gasteiger partial charge in [-0.2, -0.15) is 0 Å². The van der Waals surface area contributed by atoms with Gasteiger partial charge in [-0.3, -0.25) is 0 Å². The van der Waals surface area contributed by atoms with Gasteiger partial charge in [-0.1, -0.05) is 0 Å². The van der Waals surface area contributed by atoms with Crippen molar-refractivity contribution in [1.29, 1.82) is 0 Å². The molecule has 78 valence electrons. The topological polar surface area (TPSA) is 22.1 Å². The molecule has 0 aliphatic carbocycles. The molecule has 2 rings (SSSR count). The van der Waals surface area contributed by atoms with Crippen LogP contribution in [0, 0.1) is 6.92 Å². The molecule has 0 radical (unpaired) electrons. The summed E-state index contributed by atoms with van der Waals surface area (Å²) in [6, 6.07) is 7.92. The average Bonchev–Trinajstić information content (AvgIpc) is 2.59. The molecule has 0 saturated carbocycles. The van der Waals surface area contributed by atoms with Crippen LogP contribution in [-0.4, -0.2) is 12.1 Å². The predicted molar refractivity (Wildman–Crippen MR) is 66.5 cm³/mol. The molecule has 15 heavy (non-hydrogen) atoms. The number of benzene rings is 1. The third-order valence-corrected chi connectivity index (χ3v) is 4.13. The van der Waals surface area contributed by atoms with Gasteiger partial charge in [-0.15, -0.1) is 11.3 Å². The number of rotatable bonds is 2. The van der Waals surface area contributed by atoms with Crippen molar-refractivity contribution in [3.05, 3.63) is 33.7 Å². The number of methoxy groups -OCH3 is 1. The summed E-state index contributed by atoms with van der Waals surface area (Å²) in [6.07, 6.45) is 0. The van der Waals surface area contributed by atoms with E-state index in [0.717, 1.165) is 25.8 Å². The molecule has 0 amide bonds. The summed E-state index contributed by atoms with van der Waals surface area (Å²) in [7, 11) is 1.67. The molecule has 0 aliphatic rings. The highest BCUT2D eigenvalue weighted by molar-refractivity contribution is 9.11. The van der Waals surface area contributed by atoms with Crippen LogP contribution in [0.5, 0.6) is 5.75 Å². The zero-order valence-electron chi connectivity index (χ0n) is 8.45. The number of halogens is 1. The Balaban J connectivity index is 2.37. The van der Waals surface area contributed by atoms with Gasteiger partial charge in [0.05, 0.1) is 16.6 Å². The molecular formula is C11H10BrNOS. The molecule has 0 unspecified atom stereocenters. The van der Waals surface area contributed by atoms with Crippen LogP contribution in [0.4, 0.5) is 0 Å². The minimum Gasteiger partial charge on any atom is -0.497 e. The first kappa shape index (κ1) is 10.6. The van der Waals surface area contributed by atoms with Crippen molar-refractivity contribution in [3.63, 3.8) is 0 Å². The lowest BCUT2D eigenvalue weighted by Crippen LogP contribution is -1.82. The number of aromatic nitrogens is 1. The fraction of sp³-hybridized carbons (Fsp3) is 0.182. The van der Waals surface area contributed by atoms with Crippen molar-refractivity contribution in [2.45, 2.75) is 6.92 Å². The molecular weight excluding hydrogens is 274 g/mol. The monoisotopic (exact) mass is 283 g/mol. The van der Waals surface area contributed by atoms with E-state index >= 15 is 0 Å². The third-order valence-electron chi connectivity index (χ3n) is 2.08. The molecule has 0 saturated heterocycles. The number of hydrogen-bond acceptors (Lipinski definition) is 3. The van der Waals surface area contributed by atoms with Crippen molar-refractivity contribution in [2.24, 2.45) is 0 Å². The predicted octanol–water partition coefficient (Wildman–Crippen LogP) is 3.89. The van der Waals surface area contributed by atoms with Gasteiger partial charge in [0.15, 0.2) is 0 Å². The lowest BCUT2D eigenvalue weighted by Gasteiger charge is -1.99. The summed E-state index contributed by atoms with van der Waals surface area (Å²) in [5.74, 6) is 0.867. The first-order chi connectivity index (χ1) is 7.20. The summed E-state index contributed by atoms with van der Waals surface area (Å²) >= 11 is 5.12. The summed E-state index contributed by atoms with van der Waals surface area (Å²) in [4.78, 5) is 4.47. The molecule has 2 aromatic rings. The molecule has 0 spiro atoms. The summed E-state index contributed by atoms with van der Waals surface area (Å²) in [6.45, 7) is 1.99. The van der Waals surface area contributed by atoms with E-state index in [9.17, 15) is 0 Å². The molecule has 0 bridgehead atoms. The van der Waals surface area contributed by atoms with E-state index in [-0.39, 0.29) is 0 Å². The van der Waals surface area contributed by atoms with Gasteiger partial charge < -0.3 is 4.74 Å². The Morgan fingerprint density at radius 2 is 1.93 bits per heavy atom. The van der Waals surface area contributed by atoms with Crippen molar-refractivity contribution >= 4 is 27.3 Å². The Hall–Kier alpha value is -0.870. The fourth-order valence-corrected chi connectivity index (χ4v) is 2.58. The van der Waals surface area contributed by atoms with Crippen LogP contribution in [0.3, 0.4) is 0 Å². The van der Waals surface area contributed by atoms with Gasteiger partial charge in [0.25, 0.3) is 0 Å². The fourth-order valence-electron chi connectivity index (χ4n) is 1.23. The Bertz CT molecular complexity index is 444. The lowest BCUT2D eigenvalue weighted by atomic mass is 10.2. The maximum Gasteiger partial charge on any atom is 0.124 e. The van der Waals surface area contributed by atoms with E-state index in [4.69, 9.17) is 4.74 Å². The van der Waals surface area contributed by atoms with Crippen LogP contribution >= 0.6 is 27.3 Å². The standard InChI is InChI=1S/C11H10BrNOS/c1-7-10(12)15-11(13-7)8-3-5-9(14-2)6-4-8/h3-6H,1-2H3. The van der Waals surface area contributed by atoms with Gasteiger partial charge in [-0.05, 0) is 47.1 Å². The molecule has 1 aromatic heterocycles. The lowest BCUT2D eigenvalue weighted by molar-refractivity contribution is 0.415. The molecule has 0 aliphatic heterocycles. The van der Waals surface area contributed by atoms with Crippen LogP contribution in [0.15, 0.2) is 28.1 Å². The van der Waals surface area contributed by atoms with E-state index in [2.05, 4.69) is 20.9 Å². The molecule has 0 N–H and O–H groups in total. The van der Waals surface area contributed by atoms with Crippen LogP contribution in [-0.2, 0) is 0 Å². The largest absolute Gasteiger partial charge is 0.497 e. The summed E-state index contributed by atoms with van der Waals surface area (Å²) < 4.78 is 6.20. The number of hydrogen-bond donors (Lipinski definition) is 0. The van der Waals surface area contributed by atoms with E-state index < -0.39 is 0 Å². The quantitative estimate of drug-likeness (QED) is 0.834. The molecule has 2 nitrogen and oxygen atoms in total. The van der Waals surface area contributed by atoms with Gasteiger partial charge in [0.2, 0.25) is 0 Å². The molecule has 0 fully saturated rings. The number of thiazole rings is 1. The maximum atomic E-state index is 5.11. The van der Waals surface area contributed by atoms with Crippen LogP contribution in [0.25, 0.3) is 10.6 Å².